The lowest BCUT2D eigenvalue weighted by Gasteiger charge is -2.13. The molecule has 8 nitrogen and oxygen atoms in total. The third-order valence-corrected chi connectivity index (χ3v) is 4.45. The third-order valence-electron chi connectivity index (χ3n) is 4.45. The van der Waals surface area contributed by atoms with E-state index in [2.05, 4.69) is 10.1 Å². The van der Waals surface area contributed by atoms with Crippen molar-refractivity contribution in [1.29, 1.82) is 0 Å². The summed E-state index contributed by atoms with van der Waals surface area (Å²) >= 11 is 0. The molecule has 0 saturated carbocycles. The predicted molar refractivity (Wildman–Crippen MR) is 106 cm³/mol. The molecule has 0 bridgehead atoms. The highest BCUT2D eigenvalue weighted by Gasteiger charge is 2.31. The molecule has 0 atom stereocenters. The predicted octanol–water partition coefficient (Wildman–Crippen LogP) is 2.72. The van der Waals surface area contributed by atoms with Crippen LogP contribution in [0.25, 0.3) is 5.69 Å². The number of ether oxygens (including phenoxy) is 2. The molecule has 0 aliphatic heterocycles. The fraction of sp³-hybridized carbons (Fsp3) is 0.250. The minimum atomic E-state index is -4.54. The summed E-state index contributed by atoms with van der Waals surface area (Å²) in [6.07, 6.45) is -4.00. The van der Waals surface area contributed by atoms with Gasteiger partial charge in [0, 0.05) is 25.4 Å². The Balaban J connectivity index is 2.02. The number of alkyl halides is 3. The molecule has 0 radical (unpaired) electrons. The summed E-state index contributed by atoms with van der Waals surface area (Å²) in [4.78, 5) is 15.8. The Morgan fingerprint density at radius 2 is 1.94 bits per heavy atom. The number of methoxy groups -OCH3 is 1. The number of rotatable bonds is 8. The van der Waals surface area contributed by atoms with E-state index in [1.54, 1.807) is 0 Å². The molecule has 0 saturated heterocycles. The van der Waals surface area contributed by atoms with Gasteiger partial charge in [-0.3, -0.25) is 9.78 Å². The van der Waals surface area contributed by atoms with Crippen molar-refractivity contribution < 1.29 is 31.8 Å². The number of pyridine rings is 1. The molecule has 4 N–H and O–H groups in total. The quantitative estimate of drug-likeness (QED) is 0.400. The number of hydrogen-bond donors (Lipinski definition) is 2. The van der Waals surface area contributed by atoms with E-state index in [-0.39, 0.29) is 53.8 Å². The Labute approximate surface area is 179 Å². The van der Waals surface area contributed by atoms with E-state index in [9.17, 15) is 22.4 Å². The molecule has 2 aromatic heterocycles. The summed E-state index contributed by atoms with van der Waals surface area (Å²) in [7, 11) is 1.46. The van der Waals surface area contributed by atoms with Crippen LogP contribution in [0.4, 0.5) is 23.4 Å². The Bertz CT molecular complexity index is 1110. The van der Waals surface area contributed by atoms with Crippen LogP contribution in [0.2, 0.25) is 0 Å². The number of amides is 1. The van der Waals surface area contributed by atoms with E-state index < -0.39 is 23.5 Å². The van der Waals surface area contributed by atoms with Crippen LogP contribution in [0.5, 0.6) is 5.75 Å². The number of primary amides is 1. The Kier molecular flexibility index (Phi) is 6.63. The summed E-state index contributed by atoms with van der Waals surface area (Å²) in [6, 6.07) is 6.06. The van der Waals surface area contributed by atoms with Gasteiger partial charge in [0.15, 0.2) is 11.6 Å². The molecule has 0 aliphatic carbocycles. The number of aromatic nitrogens is 3. The van der Waals surface area contributed by atoms with E-state index >= 15 is 0 Å². The van der Waals surface area contributed by atoms with Crippen LogP contribution >= 0.6 is 0 Å². The van der Waals surface area contributed by atoms with Crippen LogP contribution in [0.3, 0.4) is 0 Å². The first-order valence-electron chi connectivity index (χ1n) is 9.23. The van der Waals surface area contributed by atoms with Gasteiger partial charge in [-0.2, -0.15) is 18.3 Å². The first-order chi connectivity index (χ1) is 15.1. The van der Waals surface area contributed by atoms with Gasteiger partial charge in [-0.15, -0.1) is 0 Å². The highest BCUT2D eigenvalue weighted by molar-refractivity contribution is 5.99. The van der Waals surface area contributed by atoms with Crippen molar-refractivity contribution >= 4 is 11.7 Å². The van der Waals surface area contributed by atoms with Crippen LogP contribution in [-0.2, 0) is 17.3 Å². The van der Waals surface area contributed by atoms with Crippen molar-refractivity contribution in [1.82, 2.24) is 14.8 Å². The number of halogens is 4. The number of hydrogen-bond acceptors (Lipinski definition) is 6. The maximum absolute atomic E-state index is 14.4. The molecule has 0 spiro atoms. The molecule has 32 heavy (non-hydrogen) atoms. The highest BCUT2D eigenvalue weighted by Crippen LogP contribution is 2.31. The van der Waals surface area contributed by atoms with E-state index in [4.69, 9.17) is 20.9 Å². The lowest BCUT2D eigenvalue weighted by Crippen LogP contribution is -2.15. The van der Waals surface area contributed by atoms with Gasteiger partial charge < -0.3 is 20.9 Å². The van der Waals surface area contributed by atoms with Crippen molar-refractivity contribution in [2.24, 2.45) is 5.73 Å². The van der Waals surface area contributed by atoms with Gasteiger partial charge in [0.2, 0.25) is 0 Å². The Morgan fingerprint density at radius 3 is 2.53 bits per heavy atom. The Morgan fingerprint density at radius 1 is 1.19 bits per heavy atom. The highest BCUT2D eigenvalue weighted by atomic mass is 19.4. The van der Waals surface area contributed by atoms with E-state index in [0.717, 1.165) is 16.8 Å². The van der Waals surface area contributed by atoms with Gasteiger partial charge in [-0.25, -0.2) is 9.07 Å². The number of anilines is 1. The second-order valence-electron chi connectivity index (χ2n) is 6.63. The maximum atomic E-state index is 14.4. The second kappa shape index (κ2) is 9.22. The van der Waals surface area contributed by atoms with E-state index in [1.807, 2.05) is 0 Å². The molecular weight excluding hydrogens is 434 g/mol. The van der Waals surface area contributed by atoms with Crippen molar-refractivity contribution in [3.05, 3.63) is 64.9 Å². The molecule has 3 rings (SSSR count). The van der Waals surface area contributed by atoms with Gasteiger partial charge in [0.05, 0.1) is 17.9 Å². The van der Waals surface area contributed by atoms with Gasteiger partial charge >= 0.3 is 6.18 Å². The number of nitrogen functional groups attached to an aromatic ring is 1. The zero-order chi connectivity index (χ0) is 23.5. The second-order valence-corrected chi connectivity index (χ2v) is 6.63. The van der Waals surface area contributed by atoms with Crippen molar-refractivity contribution in [3.8, 4) is 11.4 Å². The number of nitrogens with zero attached hydrogens (tertiary/aromatic N) is 3. The monoisotopic (exact) mass is 453 g/mol. The smallest absolute Gasteiger partial charge is 0.417 e. The molecule has 3 aromatic rings. The fourth-order valence-corrected chi connectivity index (χ4v) is 2.96. The molecule has 2 heterocycles. The minimum Gasteiger partial charge on any atom is -0.486 e. The zero-order valence-electron chi connectivity index (χ0n) is 16.8. The number of carbonyl (C=O) groups excluding carboxylic acids is 1. The summed E-state index contributed by atoms with van der Waals surface area (Å²) in [5.74, 6) is -1.95. The molecule has 0 aliphatic rings. The largest absolute Gasteiger partial charge is 0.486 e. The summed E-state index contributed by atoms with van der Waals surface area (Å²) in [6.45, 7) is 0.232. The SMILES string of the molecule is COCCOc1c(F)cccc1-n1nc(Cc2ccc(C(F)(F)F)cn2)c(C(N)=O)c1N. The molecule has 0 fully saturated rings. The average Bonchev–Trinajstić information content (AvgIpc) is 3.04. The van der Waals surface area contributed by atoms with Gasteiger partial charge in [-0.05, 0) is 24.3 Å². The molecule has 0 unspecified atom stereocenters. The summed E-state index contributed by atoms with van der Waals surface area (Å²) < 4.78 is 64.1. The maximum Gasteiger partial charge on any atom is 0.417 e. The fourth-order valence-electron chi connectivity index (χ4n) is 2.96. The van der Waals surface area contributed by atoms with Gasteiger partial charge in [0.25, 0.3) is 5.91 Å². The molecule has 1 amide bonds. The van der Waals surface area contributed by atoms with Crippen LogP contribution < -0.4 is 16.2 Å². The molecule has 1 aromatic carbocycles. The van der Waals surface area contributed by atoms with Crippen LogP contribution in [0.15, 0.2) is 36.5 Å². The summed E-state index contributed by atoms with van der Waals surface area (Å²) in [5, 5.41) is 4.25. The zero-order valence-corrected chi connectivity index (χ0v) is 16.8. The molecule has 170 valence electrons. The Hall–Kier alpha value is -3.67. The third kappa shape index (κ3) is 4.80. The van der Waals surface area contributed by atoms with Gasteiger partial charge in [-0.1, -0.05) is 6.07 Å². The number of benzene rings is 1. The van der Waals surface area contributed by atoms with E-state index in [1.165, 1.54) is 25.3 Å². The first kappa shape index (κ1) is 23.0. The first-order valence-corrected chi connectivity index (χ1v) is 9.23. The lowest BCUT2D eigenvalue weighted by molar-refractivity contribution is -0.137. The lowest BCUT2D eigenvalue weighted by atomic mass is 10.1. The van der Waals surface area contributed by atoms with Crippen molar-refractivity contribution in [2.45, 2.75) is 12.6 Å². The molecule has 12 heteroatoms. The van der Waals surface area contributed by atoms with E-state index in [0.29, 0.717) is 6.20 Å². The normalized spacial score (nSPS) is 11.5. The van der Waals surface area contributed by atoms with Crippen molar-refractivity contribution in [2.75, 3.05) is 26.1 Å². The molecular formula is C20H19F4N5O3. The minimum absolute atomic E-state index is 0.0383. The number of para-hydroxylation sites is 1. The average molecular weight is 453 g/mol. The summed E-state index contributed by atoms with van der Waals surface area (Å²) in [5.41, 5.74) is 10.8. The number of carbonyl (C=O) groups is 1. The standard InChI is InChI=1S/C20H19F4N5O3/c1-31-7-8-32-17-13(21)3-2-4-15(17)29-18(25)16(19(26)30)14(28-29)9-12-6-5-11(10-27-12)20(22,23)24/h2-6,10H,7-9,25H2,1H3,(H2,26,30). The number of nitrogens with two attached hydrogens (primary N) is 2. The van der Waals surface area contributed by atoms with Gasteiger partial charge in [0.1, 0.15) is 23.7 Å². The topological polar surface area (TPSA) is 118 Å². The van der Waals surface area contributed by atoms with Crippen molar-refractivity contribution in [3.63, 3.8) is 0 Å². The van der Waals surface area contributed by atoms with Crippen LogP contribution in [0.1, 0.15) is 27.3 Å². The van der Waals surface area contributed by atoms with Crippen LogP contribution in [0, 0.1) is 5.82 Å². The van der Waals surface area contributed by atoms with Crippen LogP contribution in [-0.4, -0.2) is 41.0 Å².